The van der Waals surface area contributed by atoms with Gasteiger partial charge >= 0.3 is 6.09 Å². The van der Waals surface area contributed by atoms with Gasteiger partial charge in [0.15, 0.2) is 0 Å². The maximum atomic E-state index is 13.0. The van der Waals surface area contributed by atoms with Crippen molar-refractivity contribution in [1.29, 1.82) is 0 Å². The molecule has 1 aliphatic rings. The number of carbonyl (C=O) groups excluding carboxylic acids is 2. The molecule has 0 radical (unpaired) electrons. The van der Waals surface area contributed by atoms with E-state index in [9.17, 15) is 9.59 Å². The van der Waals surface area contributed by atoms with Gasteiger partial charge in [-0.15, -0.1) is 0 Å². The Morgan fingerprint density at radius 3 is 2.58 bits per heavy atom. The number of nitrogens with one attached hydrogen (secondary N) is 1. The second kappa shape index (κ2) is 7.15. The highest BCUT2D eigenvalue weighted by Crippen LogP contribution is 2.27. The molecule has 0 saturated carbocycles. The summed E-state index contributed by atoms with van der Waals surface area (Å²) in [5.74, 6) is -0.114. The van der Waals surface area contributed by atoms with Crippen molar-refractivity contribution in [3.05, 3.63) is 54.4 Å². The van der Waals surface area contributed by atoms with Crippen LogP contribution in [0.2, 0.25) is 0 Å². The highest BCUT2D eigenvalue weighted by Gasteiger charge is 2.35. The predicted octanol–water partition coefficient (Wildman–Crippen LogP) is 3.45. The molecule has 2 amide bonds. The molecule has 1 aromatic heterocycles. The van der Waals surface area contributed by atoms with Crippen LogP contribution in [0, 0.1) is 0 Å². The number of nitrogens with zero attached hydrogens (tertiary/aromatic N) is 2. The molecule has 26 heavy (non-hydrogen) atoms. The van der Waals surface area contributed by atoms with Gasteiger partial charge in [0.2, 0.25) is 0 Å². The molecule has 6 heteroatoms. The molecule has 1 aliphatic heterocycles. The van der Waals surface area contributed by atoms with Crippen molar-refractivity contribution in [2.75, 3.05) is 6.54 Å². The Morgan fingerprint density at radius 1 is 1.19 bits per heavy atom. The quantitative estimate of drug-likeness (QED) is 0.917. The summed E-state index contributed by atoms with van der Waals surface area (Å²) in [6.07, 6.45) is 3.28. The van der Waals surface area contributed by atoms with E-state index in [1.807, 2.05) is 30.3 Å². The van der Waals surface area contributed by atoms with Crippen LogP contribution in [-0.4, -0.2) is 40.2 Å². The Morgan fingerprint density at radius 2 is 1.96 bits per heavy atom. The third-order valence-corrected chi connectivity index (χ3v) is 4.09. The first-order chi connectivity index (χ1) is 12.3. The van der Waals surface area contributed by atoms with E-state index in [4.69, 9.17) is 4.74 Å². The van der Waals surface area contributed by atoms with E-state index < -0.39 is 11.7 Å². The zero-order valence-corrected chi connectivity index (χ0v) is 15.2. The van der Waals surface area contributed by atoms with Crippen molar-refractivity contribution in [3.63, 3.8) is 0 Å². The smallest absolute Gasteiger partial charge is 0.409 e. The largest absolute Gasteiger partial charge is 0.444 e. The van der Waals surface area contributed by atoms with E-state index in [-0.39, 0.29) is 12.1 Å². The van der Waals surface area contributed by atoms with Crippen molar-refractivity contribution in [1.82, 2.24) is 15.2 Å². The molecule has 3 rings (SSSR count). The van der Waals surface area contributed by atoms with Gasteiger partial charge in [-0.3, -0.25) is 9.78 Å². The number of alkyl carbamates (subject to hydrolysis) is 1. The lowest BCUT2D eigenvalue weighted by molar-refractivity contribution is 0.0205. The number of aromatic nitrogens is 1. The molecule has 2 aromatic rings. The molecule has 1 aromatic carbocycles. The van der Waals surface area contributed by atoms with Gasteiger partial charge in [-0.1, -0.05) is 24.3 Å². The normalized spacial score (nSPS) is 16.6. The number of hydrogen-bond acceptors (Lipinski definition) is 4. The van der Waals surface area contributed by atoms with E-state index in [1.54, 1.807) is 44.1 Å². The van der Waals surface area contributed by atoms with Gasteiger partial charge in [0.05, 0.1) is 0 Å². The first kappa shape index (κ1) is 17.9. The van der Waals surface area contributed by atoms with E-state index in [1.165, 1.54) is 0 Å². The summed E-state index contributed by atoms with van der Waals surface area (Å²) in [6.45, 7) is 6.02. The molecule has 1 N–H and O–H groups in total. The number of ether oxygens (including phenoxy) is 1. The molecule has 1 atom stereocenters. The Balaban J connectivity index is 1.75. The van der Waals surface area contributed by atoms with Gasteiger partial charge in [-0.25, -0.2) is 4.79 Å². The molecule has 6 nitrogen and oxygen atoms in total. The first-order valence-electron chi connectivity index (χ1n) is 8.65. The van der Waals surface area contributed by atoms with Crippen molar-refractivity contribution in [2.24, 2.45) is 0 Å². The van der Waals surface area contributed by atoms with Crippen LogP contribution in [0.1, 0.15) is 37.6 Å². The summed E-state index contributed by atoms with van der Waals surface area (Å²) in [5.41, 5.74) is 1.73. The fraction of sp³-hybridized carbons (Fsp3) is 0.350. The second-order valence-corrected chi connectivity index (χ2v) is 7.24. The van der Waals surface area contributed by atoms with E-state index >= 15 is 0 Å². The lowest BCUT2D eigenvalue weighted by Gasteiger charge is -2.41. The third kappa shape index (κ3) is 4.02. The molecular weight excluding hydrogens is 330 g/mol. The molecule has 0 aliphatic carbocycles. The SMILES string of the molecule is CC(C)(C)OC(=O)NC1CCN1C(=O)c1ccccc1-c1cccnc1. The highest BCUT2D eigenvalue weighted by molar-refractivity contribution is 6.01. The van der Waals surface area contributed by atoms with Crippen LogP contribution in [0.3, 0.4) is 0 Å². The fourth-order valence-electron chi connectivity index (χ4n) is 2.82. The number of benzene rings is 1. The van der Waals surface area contributed by atoms with Gasteiger partial charge in [0.25, 0.3) is 5.91 Å². The molecular formula is C20H23N3O3. The number of amides is 2. The number of hydrogen-bond donors (Lipinski definition) is 1. The Kier molecular flexibility index (Phi) is 4.93. The third-order valence-electron chi connectivity index (χ3n) is 4.09. The topological polar surface area (TPSA) is 71.5 Å². The minimum absolute atomic E-state index is 0.114. The summed E-state index contributed by atoms with van der Waals surface area (Å²) in [4.78, 5) is 30.8. The maximum Gasteiger partial charge on any atom is 0.409 e. The fourth-order valence-corrected chi connectivity index (χ4v) is 2.82. The highest BCUT2D eigenvalue weighted by atomic mass is 16.6. The van der Waals surface area contributed by atoms with Crippen LogP contribution in [0.15, 0.2) is 48.8 Å². The van der Waals surface area contributed by atoms with Crippen LogP contribution in [0.4, 0.5) is 4.79 Å². The average molecular weight is 353 g/mol. The zero-order valence-electron chi connectivity index (χ0n) is 15.2. The van der Waals surface area contributed by atoms with Gasteiger partial charge < -0.3 is 15.0 Å². The minimum atomic E-state index is -0.574. The van der Waals surface area contributed by atoms with E-state index in [2.05, 4.69) is 10.3 Å². The first-order valence-corrected chi connectivity index (χ1v) is 8.65. The maximum absolute atomic E-state index is 13.0. The van der Waals surface area contributed by atoms with Gasteiger partial charge in [0.1, 0.15) is 11.8 Å². The average Bonchev–Trinajstić information content (AvgIpc) is 2.58. The molecule has 1 unspecified atom stereocenters. The van der Waals surface area contributed by atoms with E-state index in [0.29, 0.717) is 18.5 Å². The number of rotatable bonds is 3. The minimum Gasteiger partial charge on any atom is -0.444 e. The number of pyridine rings is 1. The summed E-state index contributed by atoms with van der Waals surface area (Å²) < 4.78 is 5.27. The van der Waals surface area contributed by atoms with Crippen LogP contribution in [0.5, 0.6) is 0 Å². The zero-order chi connectivity index (χ0) is 18.7. The van der Waals surface area contributed by atoms with Crippen molar-refractivity contribution in [3.8, 4) is 11.1 Å². The van der Waals surface area contributed by atoms with Gasteiger partial charge in [0, 0.05) is 36.5 Å². The molecule has 0 spiro atoms. The lowest BCUT2D eigenvalue weighted by Crippen LogP contribution is -2.60. The van der Waals surface area contributed by atoms with Crippen molar-refractivity contribution in [2.45, 2.75) is 39.0 Å². The van der Waals surface area contributed by atoms with Gasteiger partial charge in [-0.05, 0) is 38.5 Å². The van der Waals surface area contributed by atoms with Crippen molar-refractivity contribution >= 4 is 12.0 Å². The summed E-state index contributed by atoms with van der Waals surface area (Å²) >= 11 is 0. The Labute approximate surface area is 153 Å². The van der Waals surface area contributed by atoms with Gasteiger partial charge in [-0.2, -0.15) is 0 Å². The molecule has 136 valence electrons. The number of likely N-dealkylation sites (tertiary alicyclic amines) is 1. The van der Waals surface area contributed by atoms with Crippen LogP contribution in [-0.2, 0) is 4.74 Å². The van der Waals surface area contributed by atoms with E-state index in [0.717, 1.165) is 11.1 Å². The Bertz CT molecular complexity index is 799. The van der Waals surface area contributed by atoms with Crippen molar-refractivity contribution < 1.29 is 14.3 Å². The predicted molar refractivity (Wildman–Crippen MR) is 98.5 cm³/mol. The molecule has 1 fully saturated rings. The standard InChI is InChI=1S/C20H23N3O3/c1-20(2,3)26-19(25)22-17-10-12-23(17)18(24)16-9-5-4-8-15(16)14-7-6-11-21-13-14/h4-9,11,13,17H,10,12H2,1-3H3,(H,22,25). The molecule has 0 bridgehead atoms. The van der Waals surface area contributed by atoms with Crippen LogP contribution < -0.4 is 5.32 Å². The monoisotopic (exact) mass is 353 g/mol. The second-order valence-electron chi connectivity index (χ2n) is 7.24. The summed E-state index contributed by atoms with van der Waals surface area (Å²) in [6, 6.07) is 11.2. The van der Waals surface area contributed by atoms with Crippen LogP contribution in [0.25, 0.3) is 11.1 Å². The summed E-state index contributed by atoms with van der Waals surface area (Å²) in [7, 11) is 0. The number of carbonyl (C=O) groups is 2. The molecule has 2 heterocycles. The van der Waals surface area contributed by atoms with Crippen LogP contribution >= 0.6 is 0 Å². The lowest BCUT2D eigenvalue weighted by atomic mass is 9.98. The summed E-state index contributed by atoms with van der Waals surface area (Å²) in [5, 5.41) is 2.76. The molecule has 1 saturated heterocycles. The Hall–Kier alpha value is -2.89.